The van der Waals surface area contributed by atoms with E-state index in [-0.39, 0.29) is 32.8 Å². The van der Waals surface area contributed by atoms with Gasteiger partial charge in [0.25, 0.3) is 0 Å². The first-order valence-corrected chi connectivity index (χ1v) is 11.9. The van der Waals surface area contributed by atoms with Gasteiger partial charge in [0.1, 0.15) is 4.90 Å². The van der Waals surface area contributed by atoms with Crippen LogP contribution in [0.25, 0.3) is 0 Å². The molecule has 1 spiro atoms. The summed E-state index contributed by atoms with van der Waals surface area (Å²) in [6, 6.07) is 4.41. The number of piperidine rings is 1. The Morgan fingerprint density at radius 3 is 2.46 bits per heavy atom. The van der Waals surface area contributed by atoms with Crippen molar-refractivity contribution >= 4 is 39.1 Å². The lowest BCUT2D eigenvalue weighted by Crippen LogP contribution is -2.59. The highest BCUT2D eigenvalue weighted by molar-refractivity contribution is 7.89. The lowest BCUT2D eigenvalue weighted by molar-refractivity contribution is -0.133. The van der Waals surface area contributed by atoms with Crippen molar-refractivity contribution < 1.29 is 13.2 Å². The molecule has 0 aliphatic carbocycles. The number of hydrogen-bond donors (Lipinski definition) is 1. The molecule has 0 bridgehead atoms. The molecule has 1 N–H and O–H groups in total. The van der Waals surface area contributed by atoms with E-state index >= 15 is 0 Å². The van der Waals surface area contributed by atoms with Crippen molar-refractivity contribution in [1.29, 1.82) is 0 Å². The third-order valence-corrected chi connectivity index (χ3v) is 8.96. The van der Waals surface area contributed by atoms with Crippen molar-refractivity contribution in [2.24, 2.45) is 5.92 Å². The van der Waals surface area contributed by atoms with E-state index in [4.69, 9.17) is 23.2 Å². The molecule has 2 aliphatic heterocycles. The molecule has 1 amide bonds. The zero-order chi connectivity index (χ0) is 20.7. The maximum absolute atomic E-state index is 13.1. The molecule has 0 aromatic heterocycles. The predicted octanol–water partition coefficient (Wildman–Crippen LogP) is 3.34. The molecule has 3 rings (SSSR count). The molecular weight excluding hydrogens is 421 g/mol. The van der Waals surface area contributed by atoms with Crippen LogP contribution < -0.4 is 5.32 Å². The first-order chi connectivity index (χ1) is 13.2. The van der Waals surface area contributed by atoms with Crippen molar-refractivity contribution in [3.05, 3.63) is 28.2 Å². The Bertz CT molecular complexity index is 854. The molecule has 2 aliphatic rings. The minimum absolute atomic E-state index is 0.0258. The maximum Gasteiger partial charge on any atom is 0.244 e. The lowest BCUT2D eigenvalue weighted by atomic mass is 9.96. The van der Waals surface area contributed by atoms with Crippen LogP contribution in [-0.2, 0) is 14.8 Å². The van der Waals surface area contributed by atoms with Crippen molar-refractivity contribution in [2.45, 2.75) is 56.6 Å². The van der Waals surface area contributed by atoms with Crippen LogP contribution in [0.1, 0.15) is 40.0 Å². The zero-order valence-corrected chi connectivity index (χ0v) is 18.7. The van der Waals surface area contributed by atoms with Gasteiger partial charge < -0.3 is 4.90 Å². The fourth-order valence-electron chi connectivity index (χ4n) is 4.22. The minimum atomic E-state index is -3.75. The summed E-state index contributed by atoms with van der Waals surface area (Å²) in [5.41, 5.74) is -0.482. The van der Waals surface area contributed by atoms with Crippen LogP contribution >= 0.6 is 23.2 Å². The molecular formula is C19H27Cl2N3O3S. The molecule has 2 heterocycles. The Morgan fingerprint density at radius 1 is 1.25 bits per heavy atom. The number of hydrogen-bond acceptors (Lipinski definition) is 4. The molecule has 28 heavy (non-hydrogen) atoms. The number of rotatable bonds is 5. The Hall–Kier alpha value is -0.860. The Labute approximate surface area is 177 Å². The summed E-state index contributed by atoms with van der Waals surface area (Å²) in [6.07, 6.45) is 1.98. The number of amides is 1. The second-order valence-electron chi connectivity index (χ2n) is 7.58. The Kier molecular flexibility index (Phi) is 6.32. The molecule has 0 saturated carbocycles. The van der Waals surface area contributed by atoms with Crippen LogP contribution in [0.2, 0.25) is 10.0 Å². The van der Waals surface area contributed by atoms with E-state index in [1.807, 2.05) is 11.8 Å². The third kappa shape index (κ3) is 3.56. The molecule has 0 radical (unpaired) electrons. The van der Waals surface area contributed by atoms with E-state index < -0.39 is 15.7 Å². The molecule has 1 aromatic carbocycles. The number of nitrogens with zero attached hydrogens (tertiary/aromatic N) is 2. The van der Waals surface area contributed by atoms with Crippen LogP contribution in [-0.4, -0.2) is 54.9 Å². The number of sulfonamides is 1. The van der Waals surface area contributed by atoms with E-state index in [0.717, 1.165) is 6.42 Å². The summed E-state index contributed by atoms with van der Waals surface area (Å²) in [5, 5.41) is 3.81. The smallest absolute Gasteiger partial charge is 0.244 e. The van der Waals surface area contributed by atoms with Crippen LogP contribution in [0, 0.1) is 5.92 Å². The van der Waals surface area contributed by atoms with Gasteiger partial charge >= 0.3 is 0 Å². The average molecular weight is 448 g/mol. The summed E-state index contributed by atoms with van der Waals surface area (Å²) in [7, 11) is -3.75. The third-order valence-electron chi connectivity index (χ3n) is 6.09. The van der Waals surface area contributed by atoms with Crippen molar-refractivity contribution in [2.75, 3.05) is 19.6 Å². The Balaban J connectivity index is 1.82. The summed E-state index contributed by atoms with van der Waals surface area (Å²) in [5.74, 6) is 0.346. The summed E-state index contributed by atoms with van der Waals surface area (Å²) in [4.78, 5) is 14.8. The molecule has 2 atom stereocenters. The van der Waals surface area contributed by atoms with Crippen molar-refractivity contribution in [1.82, 2.24) is 14.5 Å². The maximum atomic E-state index is 13.1. The van der Waals surface area contributed by atoms with Gasteiger partial charge in [-0.1, -0.05) is 49.5 Å². The summed E-state index contributed by atoms with van der Waals surface area (Å²) >= 11 is 12.2. The minimum Gasteiger partial charge on any atom is -0.323 e. The molecule has 0 unspecified atom stereocenters. The highest BCUT2D eigenvalue weighted by atomic mass is 35.5. The number of nitrogens with one attached hydrogen (secondary N) is 1. The first-order valence-electron chi connectivity index (χ1n) is 9.71. The fourth-order valence-corrected chi connectivity index (χ4v) is 6.40. The molecule has 6 nitrogen and oxygen atoms in total. The van der Waals surface area contributed by atoms with Crippen LogP contribution in [0.15, 0.2) is 23.1 Å². The quantitative estimate of drug-likeness (QED) is 0.750. The van der Waals surface area contributed by atoms with E-state index in [1.54, 1.807) is 12.1 Å². The summed E-state index contributed by atoms with van der Waals surface area (Å²) < 4.78 is 27.6. The van der Waals surface area contributed by atoms with Gasteiger partial charge in [-0.2, -0.15) is 4.31 Å². The van der Waals surface area contributed by atoms with E-state index in [1.165, 1.54) is 10.4 Å². The first kappa shape index (κ1) is 21.8. The normalized spacial score (nSPS) is 24.1. The van der Waals surface area contributed by atoms with Crippen LogP contribution in [0.5, 0.6) is 0 Å². The molecule has 2 fully saturated rings. The summed E-state index contributed by atoms with van der Waals surface area (Å²) in [6.45, 7) is 7.35. The number of likely N-dealkylation sites (N-methyl/N-ethyl adjacent to an activating group) is 1. The standard InChI is InChI=1S/C19H27Cl2N3O3S/c1-4-13(3)17-18(25)24(5-2)19(22-17)9-11-23(12-10-19)28(26,27)15-8-6-7-14(20)16(15)21/h6-8,13,17,22H,4-5,9-12H2,1-3H3/t13-,17+/m0/s1. The van der Waals surface area contributed by atoms with Gasteiger partial charge in [0.15, 0.2) is 0 Å². The van der Waals surface area contributed by atoms with Crippen LogP contribution in [0.3, 0.4) is 0 Å². The predicted molar refractivity (Wildman–Crippen MR) is 111 cm³/mol. The highest BCUT2D eigenvalue weighted by Gasteiger charge is 2.52. The molecule has 156 valence electrons. The van der Waals surface area contributed by atoms with Gasteiger partial charge in [0.05, 0.1) is 21.7 Å². The van der Waals surface area contributed by atoms with Crippen molar-refractivity contribution in [3.8, 4) is 0 Å². The van der Waals surface area contributed by atoms with E-state index in [0.29, 0.717) is 32.5 Å². The number of carbonyl (C=O) groups is 1. The average Bonchev–Trinajstić information content (AvgIpc) is 2.94. The molecule has 1 aromatic rings. The van der Waals surface area contributed by atoms with E-state index in [2.05, 4.69) is 19.2 Å². The zero-order valence-electron chi connectivity index (χ0n) is 16.4. The van der Waals surface area contributed by atoms with E-state index in [9.17, 15) is 13.2 Å². The van der Waals surface area contributed by atoms with Crippen molar-refractivity contribution in [3.63, 3.8) is 0 Å². The SMILES string of the molecule is CC[C@H](C)[C@H]1NC2(CCN(S(=O)(=O)c3cccc(Cl)c3Cl)CC2)N(CC)C1=O. The Morgan fingerprint density at radius 2 is 1.89 bits per heavy atom. The van der Waals surface area contributed by atoms with Gasteiger partial charge in [-0.15, -0.1) is 0 Å². The largest absolute Gasteiger partial charge is 0.323 e. The van der Waals surface area contributed by atoms with Gasteiger partial charge in [-0.3, -0.25) is 10.1 Å². The number of benzene rings is 1. The lowest BCUT2D eigenvalue weighted by Gasteiger charge is -2.44. The van der Waals surface area contributed by atoms with Gasteiger partial charge in [-0.25, -0.2) is 8.42 Å². The second-order valence-corrected chi connectivity index (χ2v) is 10.3. The number of carbonyl (C=O) groups excluding carboxylic acids is 1. The fraction of sp³-hybridized carbons (Fsp3) is 0.632. The monoisotopic (exact) mass is 447 g/mol. The second kappa shape index (κ2) is 8.11. The van der Waals surface area contributed by atoms with Gasteiger partial charge in [-0.05, 0) is 37.8 Å². The topological polar surface area (TPSA) is 69.7 Å². The number of halogens is 2. The van der Waals surface area contributed by atoms with Crippen LogP contribution in [0.4, 0.5) is 0 Å². The molecule has 2 saturated heterocycles. The highest BCUT2D eigenvalue weighted by Crippen LogP contribution is 2.37. The van der Waals surface area contributed by atoms with Gasteiger partial charge in [0.2, 0.25) is 15.9 Å². The molecule has 9 heteroatoms. The van der Waals surface area contributed by atoms with Gasteiger partial charge in [0, 0.05) is 19.6 Å².